The lowest BCUT2D eigenvalue weighted by atomic mass is 10.0. The van der Waals surface area contributed by atoms with Gasteiger partial charge in [-0.25, -0.2) is 12.8 Å². The second-order valence-electron chi connectivity index (χ2n) is 6.86. The van der Waals surface area contributed by atoms with Gasteiger partial charge >= 0.3 is 0 Å². The van der Waals surface area contributed by atoms with Crippen molar-refractivity contribution in [2.45, 2.75) is 31.2 Å². The number of carbonyl (C=O) groups excluding carboxylic acids is 2. The van der Waals surface area contributed by atoms with Crippen LogP contribution in [0.2, 0.25) is 0 Å². The minimum atomic E-state index is -3.95. The monoisotopic (exact) mass is 439 g/mol. The van der Waals surface area contributed by atoms with Crippen LogP contribution >= 0.6 is 11.3 Å². The molecule has 0 saturated heterocycles. The molecule has 2 heterocycles. The zero-order chi connectivity index (χ0) is 21.2. The van der Waals surface area contributed by atoms with Gasteiger partial charge in [-0.1, -0.05) is 6.92 Å². The Hall–Kier alpha value is -2.30. The SMILES string of the molecule is CCCN1CCc2c(sc(NC(=O)CS(=O)(=O)c3ccc(F)cc3)c2C(N)=O)C1. The van der Waals surface area contributed by atoms with Gasteiger partial charge in [0, 0.05) is 18.0 Å². The van der Waals surface area contributed by atoms with Crippen molar-refractivity contribution in [3.63, 3.8) is 0 Å². The van der Waals surface area contributed by atoms with Crippen LogP contribution in [-0.4, -0.2) is 44.0 Å². The van der Waals surface area contributed by atoms with E-state index in [4.69, 9.17) is 5.73 Å². The molecule has 3 rings (SSSR count). The molecular formula is C19H22FN3O4S2. The summed E-state index contributed by atoms with van der Waals surface area (Å²) < 4.78 is 37.8. The number of carbonyl (C=O) groups is 2. The largest absolute Gasteiger partial charge is 0.365 e. The number of fused-ring (bicyclic) bond motifs is 1. The van der Waals surface area contributed by atoms with Crippen LogP contribution in [0.25, 0.3) is 0 Å². The van der Waals surface area contributed by atoms with E-state index >= 15 is 0 Å². The van der Waals surface area contributed by atoms with Crippen LogP contribution in [-0.2, 0) is 27.6 Å². The summed E-state index contributed by atoms with van der Waals surface area (Å²) in [4.78, 5) is 27.5. The summed E-state index contributed by atoms with van der Waals surface area (Å²) in [5.74, 6) is -2.81. The molecule has 1 aromatic heterocycles. The molecule has 3 N–H and O–H groups in total. The van der Waals surface area contributed by atoms with Crippen molar-refractivity contribution in [3.05, 3.63) is 46.1 Å². The van der Waals surface area contributed by atoms with Crippen LogP contribution in [0.5, 0.6) is 0 Å². The molecule has 0 bridgehead atoms. The number of rotatable bonds is 7. The summed E-state index contributed by atoms with van der Waals surface area (Å²) in [6.45, 7) is 4.48. The fourth-order valence-corrected chi connectivity index (χ4v) is 5.82. The maximum Gasteiger partial charge on any atom is 0.251 e. The first-order valence-corrected chi connectivity index (χ1v) is 11.6. The van der Waals surface area contributed by atoms with Gasteiger partial charge in [-0.05, 0) is 49.2 Å². The second-order valence-corrected chi connectivity index (χ2v) is 9.95. The smallest absolute Gasteiger partial charge is 0.251 e. The molecule has 0 radical (unpaired) electrons. The predicted octanol–water partition coefficient (Wildman–Crippen LogP) is 2.17. The van der Waals surface area contributed by atoms with Crippen molar-refractivity contribution in [2.75, 3.05) is 24.2 Å². The molecule has 1 aliphatic rings. The van der Waals surface area contributed by atoms with E-state index in [2.05, 4.69) is 17.1 Å². The number of halogens is 1. The van der Waals surface area contributed by atoms with Gasteiger partial charge < -0.3 is 11.1 Å². The molecule has 29 heavy (non-hydrogen) atoms. The number of primary amides is 1. The first kappa shape index (κ1) is 21.4. The Morgan fingerprint density at radius 2 is 1.97 bits per heavy atom. The molecule has 7 nitrogen and oxygen atoms in total. The first-order valence-electron chi connectivity index (χ1n) is 9.16. The van der Waals surface area contributed by atoms with Crippen molar-refractivity contribution in [1.29, 1.82) is 0 Å². The van der Waals surface area contributed by atoms with E-state index in [0.717, 1.165) is 54.2 Å². The van der Waals surface area contributed by atoms with Gasteiger partial charge in [-0.2, -0.15) is 0 Å². The molecular weight excluding hydrogens is 417 g/mol. The van der Waals surface area contributed by atoms with Crippen LogP contribution in [0, 0.1) is 5.82 Å². The van der Waals surface area contributed by atoms with Gasteiger partial charge in [0.25, 0.3) is 5.91 Å². The van der Waals surface area contributed by atoms with E-state index in [1.165, 1.54) is 11.3 Å². The lowest BCUT2D eigenvalue weighted by Crippen LogP contribution is -2.31. The average molecular weight is 440 g/mol. The summed E-state index contributed by atoms with van der Waals surface area (Å²) in [7, 11) is -3.95. The number of anilines is 1. The zero-order valence-electron chi connectivity index (χ0n) is 15.9. The standard InChI is InChI=1S/C19H22FN3O4S2/c1-2-8-23-9-7-14-15(10-23)28-19(17(14)18(21)25)22-16(24)11-29(26,27)13-5-3-12(20)4-6-13/h3-6H,2,7-11H2,1H3,(H2,21,25)(H,22,24). The van der Waals surface area contributed by atoms with E-state index in [9.17, 15) is 22.4 Å². The lowest BCUT2D eigenvalue weighted by Gasteiger charge is -2.26. The number of benzene rings is 1. The maximum atomic E-state index is 13.0. The Labute approximate surface area is 172 Å². The third kappa shape index (κ3) is 4.82. The number of nitrogens with two attached hydrogens (primary N) is 1. The van der Waals surface area contributed by atoms with Gasteiger partial charge in [0.15, 0.2) is 9.84 Å². The third-order valence-corrected chi connectivity index (χ3v) is 7.43. The van der Waals surface area contributed by atoms with Crippen LogP contribution in [0.1, 0.15) is 34.1 Å². The van der Waals surface area contributed by atoms with Gasteiger partial charge in [0.1, 0.15) is 16.6 Å². The van der Waals surface area contributed by atoms with Crippen LogP contribution in [0.15, 0.2) is 29.2 Å². The highest BCUT2D eigenvalue weighted by Gasteiger charge is 2.28. The highest BCUT2D eigenvalue weighted by Crippen LogP contribution is 2.37. The molecule has 1 aliphatic heterocycles. The minimum Gasteiger partial charge on any atom is -0.365 e. The quantitative estimate of drug-likeness (QED) is 0.643. The fourth-order valence-electron chi connectivity index (χ4n) is 3.37. The van der Waals surface area contributed by atoms with E-state index < -0.39 is 33.2 Å². The Balaban J connectivity index is 1.80. The molecule has 0 aliphatic carbocycles. The molecule has 0 spiro atoms. The van der Waals surface area contributed by atoms with E-state index in [-0.39, 0.29) is 15.5 Å². The number of amides is 2. The Morgan fingerprint density at radius 3 is 2.59 bits per heavy atom. The van der Waals surface area contributed by atoms with Gasteiger partial charge in [0.2, 0.25) is 5.91 Å². The molecule has 0 unspecified atom stereocenters. The normalized spacial score (nSPS) is 14.4. The maximum absolute atomic E-state index is 13.0. The van der Waals surface area contributed by atoms with Gasteiger partial charge in [-0.15, -0.1) is 11.3 Å². The van der Waals surface area contributed by atoms with E-state index in [1.807, 2.05) is 0 Å². The summed E-state index contributed by atoms with van der Waals surface area (Å²) in [5, 5.41) is 2.82. The van der Waals surface area contributed by atoms with Crippen molar-refractivity contribution in [1.82, 2.24) is 4.90 Å². The zero-order valence-corrected chi connectivity index (χ0v) is 17.5. The summed E-state index contributed by atoms with van der Waals surface area (Å²) in [5.41, 5.74) is 6.62. The summed E-state index contributed by atoms with van der Waals surface area (Å²) >= 11 is 1.25. The molecule has 10 heteroatoms. The van der Waals surface area contributed by atoms with Crippen molar-refractivity contribution in [3.8, 4) is 0 Å². The van der Waals surface area contributed by atoms with Gasteiger partial charge in [-0.3, -0.25) is 14.5 Å². The molecule has 2 aromatic rings. The first-order chi connectivity index (χ1) is 13.7. The predicted molar refractivity (Wildman–Crippen MR) is 109 cm³/mol. The van der Waals surface area contributed by atoms with E-state index in [1.54, 1.807) is 0 Å². The Bertz CT molecular complexity index is 1030. The lowest BCUT2D eigenvalue weighted by molar-refractivity contribution is -0.113. The van der Waals surface area contributed by atoms with Crippen molar-refractivity contribution in [2.24, 2.45) is 5.73 Å². The minimum absolute atomic E-state index is 0.148. The molecule has 0 saturated carbocycles. The fraction of sp³-hybridized carbons (Fsp3) is 0.368. The third-order valence-electron chi connectivity index (χ3n) is 4.67. The Kier molecular flexibility index (Phi) is 6.35. The highest BCUT2D eigenvalue weighted by atomic mass is 32.2. The molecule has 156 valence electrons. The molecule has 2 amide bonds. The van der Waals surface area contributed by atoms with Crippen molar-refractivity contribution >= 4 is 38.0 Å². The molecule has 0 atom stereocenters. The number of nitrogens with one attached hydrogen (secondary N) is 1. The summed E-state index contributed by atoms with van der Waals surface area (Å²) in [6.07, 6.45) is 1.65. The number of sulfone groups is 1. The second kappa shape index (κ2) is 8.60. The molecule has 1 aromatic carbocycles. The topological polar surface area (TPSA) is 110 Å². The van der Waals surface area contributed by atoms with Crippen LogP contribution in [0.4, 0.5) is 9.39 Å². The Morgan fingerprint density at radius 1 is 1.28 bits per heavy atom. The highest BCUT2D eigenvalue weighted by molar-refractivity contribution is 7.92. The number of nitrogens with zero attached hydrogens (tertiary/aromatic N) is 1. The molecule has 0 fully saturated rings. The number of hydrogen-bond donors (Lipinski definition) is 2. The van der Waals surface area contributed by atoms with Crippen LogP contribution in [0.3, 0.4) is 0 Å². The summed E-state index contributed by atoms with van der Waals surface area (Å²) in [6, 6.07) is 4.26. The van der Waals surface area contributed by atoms with Crippen LogP contribution < -0.4 is 11.1 Å². The number of hydrogen-bond acceptors (Lipinski definition) is 6. The van der Waals surface area contributed by atoms with Gasteiger partial charge in [0.05, 0.1) is 10.5 Å². The van der Waals surface area contributed by atoms with E-state index in [0.29, 0.717) is 13.0 Å². The van der Waals surface area contributed by atoms with Crippen molar-refractivity contribution < 1.29 is 22.4 Å². The average Bonchev–Trinajstić information content (AvgIpc) is 2.98. The number of thiophene rings is 1.